The Labute approximate surface area is 181 Å². The summed E-state index contributed by atoms with van der Waals surface area (Å²) >= 11 is 1.54. The summed E-state index contributed by atoms with van der Waals surface area (Å²) in [6.07, 6.45) is 5.90. The van der Waals surface area contributed by atoms with E-state index in [1.165, 1.54) is 34.6 Å². The van der Waals surface area contributed by atoms with Crippen molar-refractivity contribution in [3.05, 3.63) is 89.4 Å². The van der Waals surface area contributed by atoms with Crippen molar-refractivity contribution in [2.24, 2.45) is 0 Å². The van der Waals surface area contributed by atoms with Crippen molar-refractivity contribution in [2.75, 3.05) is 43.4 Å². The van der Waals surface area contributed by atoms with Crippen molar-refractivity contribution in [1.82, 2.24) is 14.9 Å². The Bertz CT molecular complexity index is 1030. The molecule has 2 aromatic carbocycles. The zero-order chi connectivity index (χ0) is 20.6. The molecule has 154 valence electrons. The van der Waals surface area contributed by atoms with Crippen molar-refractivity contribution in [3.63, 3.8) is 0 Å². The van der Waals surface area contributed by atoms with E-state index in [1.807, 2.05) is 0 Å². The van der Waals surface area contributed by atoms with Crippen molar-refractivity contribution in [1.29, 1.82) is 0 Å². The van der Waals surface area contributed by atoms with Gasteiger partial charge >= 0.3 is 0 Å². The van der Waals surface area contributed by atoms with E-state index in [0.717, 1.165) is 38.5 Å². The molecule has 6 heteroatoms. The van der Waals surface area contributed by atoms with Gasteiger partial charge in [-0.1, -0.05) is 66.4 Å². The number of piperazine rings is 1. The number of hydrogen-bond donors (Lipinski definition) is 1. The number of thioether (sulfide) groups is 1. The number of aromatic amines is 1. The minimum Gasteiger partial charge on any atom is -0.369 e. The normalized spacial score (nSPS) is 15.0. The maximum atomic E-state index is 11.3. The molecule has 0 amide bonds. The molecule has 1 saturated heterocycles. The van der Waals surface area contributed by atoms with E-state index in [-0.39, 0.29) is 5.56 Å². The number of hydrogen-bond acceptors (Lipinski definition) is 5. The van der Waals surface area contributed by atoms with Crippen LogP contribution in [-0.4, -0.2) is 53.3 Å². The maximum Gasteiger partial charge on any atom is 0.251 e. The summed E-state index contributed by atoms with van der Waals surface area (Å²) in [7, 11) is 0. The van der Waals surface area contributed by atoms with E-state index in [4.69, 9.17) is 0 Å². The minimum absolute atomic E-state index is 0.108. The fraction of sp³-hybridized carbons (Fsp3) is 0.250. The van der Waals surface area contributed by atoms with Crippen LogP contribution in [0, 0.1) is 0 Å². The first-order valence-corrected chi connectivity index (χ1v) is 11.2. The zero-order valence-electron chi connectivity index (χ0n) is 16.9. The molecule has 0 saturated carbocycles. The Morgan fingerprint density at radius 3 is 2.53 bits per heavy atom. The van der Waals surface area contributed by atoms with E-state index >= 15 is 0 Å². The third-order valence-electron chi connectivity index (χ3n) is 5.19. The number of nitrogens with one attached hydrogen (secondary N) is 1. The lowest BCUT2D eigenvalue weighted by Gasteiger charge is -2.35. The Morgan fingerprint density at radius 1 is 0.933 bits per heavy atom. The Balaban J connectivity index is 1.24. The first kappa shape index (κ1) is 20.4. The summed E-state index contributed by atoms with van der Waals surface area (Å²) in [5, 5.41) is 0.665. The van der Waals surface area contributed by atoms with Crippen LogP contribution in [0.3, 0.4) is 0 Å². The van der Waals surface area contributed by atoms with Gasteiger partial charge in [0, 0.05) is 56.4 Å². The highest BCUT2D eigenvalue weighted by molar-refractivity contribution is 7.99. The van der Waals surface area contributed by atoms with Gasteiger partial charge < -0.3 is 9.88 Å². The summed E-state index contributed by atoms with van der Waals surface area (Å²) in [5.74, 6) is 0.805. The fourth-order valence-corrected chi connectivity index (χ4v) is 4.24. The third kappa shape index (κ3) is 5.62. The second-order valence-electron chi connectivity index (χ2n) is 7.23. The summed E-state index contributed by atoms with van der Waals surface area (Å²) in [5.41, 5.74) is 3.72. The van der Waals surface area contributed by atoms with E-state index in [2.05, 4.69) is 86.5 Å². The highest BCUT2D eigenvalue weighted by Crippen LogP contribution is 2.25. The molecule has 30 heavy (non-hydrogen) atoms. The van der Waals surface area contributed by atoms with Crippen LogP contribution < -0.4 is 10.5 Å². The lowest BCUT2D eigenvalue weighted by molar-refractivity contribution is 0.284. The average molecular weight is 419 g/mol. The van der Waals surface area contributed by atoms with Gasteiger partial charge in [-0.3, -0.25) is 9.69 Å². The van der Waals surface area contributed by atoms with Gasteiger partial charge in [0.15, 0.2) is 5.16 Å². The first-order chi connectivity index (χ1) is 14.8. The summed E-state index contributed by atoms with van der Waals surface area (Å²) < 4.78 is 0. The number of rotatable bonds is 7. The summed E-state index contributed by atoms with van der Waals surface area (Å²) in [6.45, 7) is 5.14. The van der Waals surface area contributed by atoms with E-state index in [9.17, 15) is 4.79 Å². The lowest BCUT2D eigenvalue weighted by Crippen LogP contribution is -2.46. The van der Waals surface area contributed by atoms with Crippen LogP contribution in [0.15, 0.2) is 89.0 Å². The molecule has 0 atom stereocenters. The maximum absolute atomic E-state index is 11.3. The highest BCUT2D eigenvalue weighted by atomic mass is 32.2. The quantitative estimate of drug-likeness (QED) is 0.358. The van der Waals surface area contributed by atoms with Gasteiger partial charge in [0.1, 0.15) is 0 Å². The number of anilines is 1. The topological polar surface area (TPSA) is 52.2 Å². The molecule has 1 aliphatic heterocycles. The van der Waals surface area contributed by atoms with E-state index in [1.54, 1.807) is 6.20 Å². The Morgan fingerprint density at radius 2 is 1.73 bits per heavy atom. The smallest absolute Gasteiger partial charge is 0.251 e. The first-order valence-electron chi connectivity index (χ1n) is 10.2. The van der Waals surface area contributed by atoms with Crippen LogP contribution in [0.25, 0.3) is 11.1 Å². The molecule has 0 spiro atoms. The van der Waals surface area contributed by atoms with Crippen LogP contribution in [0.4, 0.5) is 5.69 Å². The van der Waals surface area contributed by atoms with Crippen LogP contribution >= 0.6 is 11.8 Å². The van der Waals surface area contributed by atoms with Crippen molar-refractivity contribution >= 4 is 17.4 Å². The van der Waals surface area contributed by atoms with Gasteiger partial charge in [-0.15, -0.1) is 0 Å². The van der Waals surface area contributed by atoms with Gasteiger partial charge in [0.05, 0.1) is 0 Å². The molecule has 0 bridgehead atoms. The molecule has 2 heterocycles. The number of H-pyrrole nitrogens is 1. The molecule has 1 aromatic heterocycles. The SMILES string of the molecule is O=c1ccnc(SCC=CCN2CCN(c3cccc(-c4ccccc4)c3)CC2)[nH]1. The molecular formula is C24H26N4OS. The van der Waals surface area contributed by atoms with Crippen LogP contribution in [0.1, 0.15) is 0 Å². The predicted octanol–water partition coefficient (Wildman–Crippen LogP) is 3.91. The molecule has 0 aliphatic carbocycles. The van der Waals surface area contributed by atoms with Crippen molar-refractivity contribution in [2.45, 2.75) is 5.16 Å². The Kier molecular flexibility index (Phi) is 7.00. The van der Waals surface area contributed by atoms with Gasteiger partial charge in [-0.25, -0.2) is 4.98 Å². The molecule has 1 aliphatic rings. The molecule has 0 radical (unpaired) electrons. The van der Waals surface area contributed by atoms with Crippen molar-refractivity contribution in [3.8, 4) is 11.1 Å². The third-order valence-corrected chi connectivity index (χ3v) is 6.03. The number of benzene rings is 2. The molecule has 0 unspecified atom stereocenters. The minimum atomic E-state index is -0.108. The van der Waals surface area contributed by atoms with Crippen LogP contribution in [-0.2, 0) is 0 Å². The summed E-state index contributed by atoms with van der Waals surface area (Å²) in [6, 6.07) is 20.8. The number of aromatic nitrogens is 2. The van der Waals surface area contributed by atoms with Gasteiger partial charge in [-0.2, -0.15) is 0 Å². The molecular weight excluding hydrogens is 392 g/mol. The van der Waals surface area contributed by atoms with Gasteiger partial charge in [0.2, 0.25) is 0 Å². The molecule has 1 fully saturated rings. The average Bonchev–Trinajstić information content (AvgIpc) is 2.80. The monoisotopic (exact) mass is 418 g/mol. The number of nitrogens with zero attached hydrogens (tertiary/aromatic N) is 3. The largest absolute Gasteiger partial charge is 0.369 e. The predicted molar refractivity (Wildman–Crippen MR) is 125 cm³/mol. The standard InChI is InChI=1S/C24H26N4OS/c29-23-11-12-25-24(26-23)30-18-5-4-13-27-14-16-28(17-15-27)22-10-6-9-21(19-22)20-7-2-1-3-8-20/h1-12,19H,13-18H2,(H,25,26,29). The second-order valence-corrected chi connectivity index (χ2v) is 8.23. The lowest BCUT2D eigenvalue weighted by atomic mass is 10.0. The Hall–Kier alpha value is -2.83. The molecule has 4 rings (SSSR count). The molecule has 3 aromatic rings. The fourth-order valence-electron chi connectivity index (χ4n) is 3.55. The highest BCUT2D eigenvalue weighted by Gasteiger charge is 2.16. The van der Waals surface area contributed by atoms with E-state index < -0.39 is 0 Å². The van der Waals surface area contributed by atoms with Gasteiger partial charge in [-0.05, 0) is 23.3 Å². The van der Waals surface area contributed by atoms with Crippen LogP contribution in [0.2, 0.25) is 0 Å². The second kappa shape index (κ2) is 10.3. The van der Waals surface area contributed by atoms with Crippen LogP contribution in [0.5, 0.6) is 0 Å². The molecule has 5 nitrogen and oxygen atoms in total. The zero-order valence-corrected chi connectivity index (χ0v) is 17.7. The van der Waals surface area contributed by atoms with Gasteiger partial charge in [0.25, 0.3) is 5.56 Å². The molecule has 1 N–H and O–H groups in total. The van der Waals surface area contributed by atoms with Crippen molar-refractivity contribution < 1.29 is 0 Å². The van der Waals surface area contributed by atoms with E-state index in [0.29, 0.717) is 5.16 Å². The summed E-state index contributed by atoms with van der Waals surface area (Å²) in [4.78, 5) is 23.1.